The number of hydrogen-bond acceptors (Lipinski definition) is 2. The fourth-order valence-electron chi connectivity index (χ4n) is 1.71. The average molecular weight is 326 g/mol. The molecule has 2 N–H and O–H groups in total. The van der Waals surface area contributed by atoms with Gasteiger partial charge in [0.2, 0.25) is 0 Å². The van der Waals surface area contributed by atoms with Gasteiger partial charge in [-0.15, -0.1) is 0 Å². The number of halogens is 3. The van der Waals surface area contributed by atoms with Gasteiger partial charge < -0.3 is 5.73 Å². The van der Waals surface area contributed by atoms with E-state index in [1.165, 1.54) is 36.4 Å². The molecule has 0 bridgehead atoms. The molecule has 0 radical (unpaired) electrons. The van der Waals surface area contributed by atoms with E-state index in [1.54, 1.807) is 0 Å². The number of hydrogen-bond donors (Lipinski definition) is 1. The molecular formula is C14H10BrF2NO. The molecule has 2 nitrogen and oxygen atoms in total. The molecule has 2 aromatic carbocycles. The van der Waals surface area contributed by atoms with Crippen LogP contribution in [-0.2, 0) is 6.42 Å². The number of ketones is 1. The summed E-state index contributed by atoms with van der Waals surface area (Å²) in [6, 6.07) is 8.39. The number of benzene rings is 2. The SMILES string of the molecule is Nc1c(F)cccc1C(=O)Cc1ccc(F)c(Br)c1. The lowest BCUT2D eigenvalue weighted by molar-refractivity contribution is 0.0993. The van der Waals surface area contributed by atoms with E-state index in [1.807, 2.05) is 0 Å². The summed E-state index contributed by atoms with van der Waals surface area (Å²) in [7, 11) is 0. The Balaban J connectivity index is 2.26. The van der Waals surface area contributed by atoms with Crippen LogP contribution in [0.15, 0.2) is 40.9 Å². The number of nitrogens with two attached hydrogens (primary N) is 1. The molecule has 5 heteroatoms. The molecule has 19 heavy (non-hydrogen) atoms. The van der Waals surface area contributed by atoms with Gasteiger partial charge in [-0.05, 0) is 45.8 Å². The molecule has 0 atom stereocenters. The molecule has 0 aliphatic heterocycles. The van der Waals surface area contributed by atoms with Crippen molar-refractivity contribution >= 4 is 27.4 Å². The van der Waals surface area contributed by atoms with E-state index < -0.39 is 11.6 Å². The van der Waals surface area contributed by atoms with Crippen LogP contribution < -0.4 is 5.73 Å². The predicted molar refractivity (Wildman–Crippen MR) is 72.9 cm³/mol. The van der Waals surface area contributed by atoms with E-state index >= 15 is 0 Å². The summed E-state index contributed by atoms with van der Waals surface area (Å²) in [6.07, 6.45) is 0.0343. The van der Waals surface area contributed by atoms with Gasteiger partial charge in [-0.1, -0.05) is 12.1 Å². The minimum atomic E-state index is -0.619. The van der Waals surface area contributed by atoms with E-state index in [4.69, 9.17) is 5.73 Å². The van der Waals surface area contributed by atoms with Crippen LogP contribution in [-0.4, -0.2) is 5.78 Å². The third-order valence-electron chi connectivity index (χ3n) is 2.70. The minimum absolute atomic E-state index is 0.0343. The number of anilines is 1. The normalized spacial score (nSPS) is 10.5. The van der Waals surface area contributed by atoms with Crippen LogP contribution in [0, 0.1) is 11.6 Å². The quantitative estimate of drug-likeness (QED) is 0.690. The third-order valence-corrected chi connectivity index (χ3v) is 3.31. The smallest absolute Gasteiger partial charge is 0.169 e. The van der Waals surface area contributed by atoms with Crippen LogP contribution in [0.25, 0.3) is 0 Å². The molecule has 0 saturated heterocycles. The van der Waals surface area contributed by atoms with Gasteiger partial charge in [0.1, 0.15) is 11.6 Å². The zero-order chi connectivity index (χ0) is 14.0. The molecule has 0 aromatic heterocycles. The van der Waals surface area contributed by atoms with Crippen LogP contribution in [0.5, 0.6) is 0 Å². The van der Waals surface area contributed by atoms with Gasteiger partial charge in [0.25, 0.3) is 0 Å². The molecule has 0 aliphatic carbocycles. The number of rotatable bonds is 3. The first-order chi connectivity index (χ1) is 8.99. The Bertz CT molecular complexity index is 643. The maximum Gasteiger partial charge on any atom is 0.169 e. The number of nitrogen functional groups attached to an aromatic ring is 1. The van der Waals surface area contributed by atoms with Crippen LogP contribution in [0.2, 0.25) is 0 Å². The Morgan fingerprint density at radius 3 is 2.58 bits per heavy atom. The number of Topliss-reactive ketones (excluding diaryl/α,β-unsaturated/α-hetero) is 1. The highest BCUT2D eigenvalue weighted by Gasteiger charge is 2.13. The first-order valence-corrected chi connectivity index (χ1v) is 6.29. The van der Waals surface area contributed by atoms with Crippen molar-refractivity contribution in [3.05, 3.63) is 63.6 Å². The molecule has 0 heterocycles. The lowest BCUT2D eigenvalue weighted by Gasteiger charge is -2.06. The van der Waals surface area contributed by atoms with Gasteiger partial charge in [0, 0.05) is 12.0 Å². The first kappa shape index (κ1) is 13.7. The summed E-state index contributed by atoms with van der Waals surface area (Å²) in [4.78, 5) is 12.0. The van der Waals surface area contributed by atoms with Crippen molar-refractivity contribution in [2.75, 3.05) is 5.73 Å². The van der Waals surface area contributed by atoms with Gasteiger partial charge in [-0.2, -0.15) is 0 Å². The van der Waals surface area contributed by atoms with Gasteiger partial charge in [0.15, 0.2) is 5.78 Å². The summed E-state index contributed by atoms with van der Waals surface area (Å²) < 4.78 is 26.6. The molecule has 0 spiro atoms. The first-order valence-electron chi connectivity index (χ1n) is 5.50. The number of carbonyl (C=O) groups excluding carboxylic acids is 1. The van der Waals surface area contributed by atoms with E-state index in [2.05, 4.69) is 15.9 Å². The molecular weight excluding hydrogens is 316 g/mol. The molecule has 0 saturated carbocycles. The van der Waals surface area contributed by atoms with Crippen LogP contribution in [0.1, 0.15) is 15.9 Å². The minimum Gasteiger partial charge on any atom is -0.396 e. The standard InChI is InChI=1S/C14H10BrF2NO/c15-10-6-8(4-5-11(10)16)7-13(19)9-2-1-3-12(17)14(9)18/h1-6H,7,18H2. The molecule has 0 unspecified atom stereocenters. The van der Waals surface area contributed by atoms with Crippen molar-refractivity contribution in [3.8, 4) is 0 Å². The highest BCUT2D eigenvalue weighted by atomic mass is 79.9. The number of carbonyl (C=O) groups is 1. The summed E-state index contributed by atoms with van der Waals surface area (Å²) in [6.45, 7) is 0. The third kappa shape index (κ3) is 2.98. The number of para-hydroxylation sites is 1. The highest BCUT2D eigenvalue weighted by Crippen LogP contribution is 2.21. The Hall–Kier alpha value is -1.75. The summed E-state index contributed by atoms with van der Waals surface area (Å²) in [5.74, 6) is -1.33. The van der Waals surface area contributed by atoms with Gasteiger partial charge in [0.05, 0.1) is 10.2 Å². The molecule has 0 amide bonds. The zero-order valence-electron chi connectivity index (χ0n) is 9.79. The van der Waals surface area contributed by atoms with E-state index in [0.29, 0.717) is 5.56 Å². The van der Waals surface area contributed by atoms with Gasteiger partial charge in [-0.25, -0.2) is 8.78 Å². The topological polar surface area (TPSA) is 43.1 Å². The maximum absolute atomic E-state index is 13.3. The van der Waals surface area contributed by atoms with Crippen molar-refractivity contribution in [1.29, 1.82) is 0 Å². The average Bonchev–Trinajstić information content (AvgIpc) is 2.37. The Labute approximate surface area is 117 Å². The largest absolute Gasteiger partial charge is 0.396 e. The second-order valence-corrected chi connectivity index (χ2v) is 4.90. The van der Waals surface area contributed by atoms with Gasteiger partial charge >= 0.3 is 0 Å². The highest BCUT2D eigenvalue weighted by molar-refractivity contribution is 9.10. The zero-order valence-corrected chi connectivity index (χ0v) is 11.4. The fraction of sp³-hybridized carbons (Fsp3) is 0.0714. The van der Waals surface area contributed by atoms with Crippen molar-refractivity contribution in [2.24, 2.45) is 0 Å². The summed E-state index contributed by atoms with van der Waals surface area (Å²) in [5, 5.41) is 0. The summed E-state index contributed by atoms with van der Waals surface area (Å²) >= 11 is 3.05. The fourth-order valence-corrected chi connectivity index (χ4v) is 2.14. The monoisotopic (exact) mass is 325 g/mol. The van der Waals surface area contributed by atoms with E-state index in [-0.39, 0.29) is 27.9 Å². The lowest BCUT2D eigenvalue weighted by atomic mass is 10.0. The second-order valence-electron chi connectivity index (χ2n) is 4.05. The molecule has 0 fully saturated rings. The Kier molecular flexibility index (Phi) is 3.95. The van der Waals surface area contributed by atoms with Crippen LogP contribution >= 0.6 is 15.9 Å². The second kappa shape index (κ2) is 5.48. The van der Waals surface area contributed by atoms with Crippen LogP contribution in [0.4, 0.5) is 14.5 Å². The predicted octanol–water partition coefficient (Wildman–Crippen LogP) is 3.73. The Morgan fingerprint density at radius 2 is 1.89 bits per heavy atom. The van der Waals surface area contributed by atoms with Crippen molar-refractivity contribution in [2.45, 2.75) is 6.42 Å². The van der Waals surface area contributed by atoms with Crippen LogP contribution in [0.3, 0.4) is 0 Å². The molecule has 2 aromatic rings. The maximum atomic E-state index is 13.3. The van der Waals surface area contributed by atoms with E-state index in [9.17, 15) is 13.6 Å². The van der Waals surface area contributed by atoms with Crippen molar-refractivity contribution in [1.82, 2.24) is 0 Å². The lowest BCUT2D eigenvalue weighted by Crippen LogP contribution is -2.08. The summed E-state index contributed by atoms with van der Waals surface area (Å²) in [5.41, 5.74) is 6.13. The molecule has 98 valence electrons. The van der Waals surface area contributed by atoms with E-state index in [0.717, 1.165) is 0 Å². The molecule has 0 aliphatic rings. The van der Waals surface area contributed by atoms with Gasteiger partial charge in [-0.3, -0.25) is 4.79 Å². The Morgan fingerprint density at radius 1 is 1.16 bits per heavy atom. The molecule has 2 rings (SSSR count). The van der Waals surface area contributed by atoms with Crippen molar-refractivity contribution in [3.63, 3.8) is 0 Å². The van der Waals surface area contributed by atoms with Crippen molar-refractivity contribution < 1.29 is 13.6 Å².